The van der Waals surface area contributed by atoms with E-state index < -0.39 is 34.2 Å². The minimum atomic E-state index is -3.76. The molecule has 0 aromatic heterocycles. The van der Waals surface area contributed by atoms with Crippen LogP contribution in [0.5, 0.6) is 0 Å². The van der Waals surface area contributed by atoms with Gasteiger partial charge < -0.3 is 14.2 Å². The molecule has 7 nitrogen and oxygen atoms in total. The second kappa shape index (κ2) is 11.7. The normalized spacial score (nSPS) is 20.0. The molecule has 1 aliphatic rings. The minimum absolute atomic E-state index is 0.159. The molecule has 180 valence electrons. The van der Waals surface area contributed by atoms with Crippen LogP contribution in [0.1, 0.15) is 43.4 Å². The zero-order valence-corrected chi connectivity index (χ0v) is 20.3. The highest BCUT2D eigenvalue weighted by Gasteiger charge is 2.44. The average Bonchev–Trinajstić information content (AvgIpc) is 3.21. The van der Waals surface area contributed by atoms with Crippen molar-refractivity contribution in [2.45, 2.75) is 56.3 Å². The van der Waals surface area contributed by atoms with Gasteiger partial charge in [0.25, 0.3) is 0 Å². The Morgan fingerprint density at radius 1 is 1.12 bits per heavy atom. The number of benzene rings is 2. The Balaban J connectivity index is 1.80. The third-order valence-corrected chi connectivity index (χ3v) is 7.75. The Labute approximate surface area is 196 Å². The van der Waals surface area contributed by atoms with Crippen molar-refractivity contribution in [1.82, 2.24) is 4.31 Å². The van der Waals surface area contributed by atoms with E-state index in [0.717, 1.165) is 18.4 Å². The Morgan fingerprint density at radius 2 is 1.82 bits per heavy atom. The summed E-state index contributed by atoms with van der Waals surface area (Å²) in [5.41, 5.74) is 1.66. The second-order valence-corrected chi connectivity index (χ2v) is 10.1. The van der Waals surface area contributed by atoms with Crippen LogP contribution in [0.25, 0.3) is 0 Å². The molecule has 0 saturated carbocycles. The maximum Gasteiger partial charge on any atom is 0.340 e. The van der Waals surface area contributed by atoms with Gasteiger partial charge in [0.1, 0.15) is 6.10 Å². The molecule has 8 heteroatoms. The number of ether oxygens (including phenoxy) is 3. The highest BCUT2D eigenvalue weighted by molar-refractivity contribution is 7.89. The van der Waals surface area contributed by atoms with Gasteiger partial charge in [-0.15, -0.1) is 0 Å². The number of rotatable bonds is 11. The number of hydrogen-bond acceptors (Lipinski definition) is 6. The van der Waals surface area contributed by atoms with Crippen LogP contribution >= 0.6 is 0 Å². The molecule has 3 rings (SSSR count). The van der Waals surface area contributed by atoms with Gasteiger partial charge in [0, 0.05) is 20.3 Å². The topological polar surface area (TPSA) is 82.1 Å². The van der Waals surface area contributed by atoms with Crippen LogP contribution in [-0.2, 0) is 29.0 Å². The molecule has 0 spiro atoms. The van der Waals surface area contributed by atoms with Crippen molar-refractivity contribution in [1.29, 1.82) is 0 Å². The lowest BCUT2D eigenvalue weighted by atomic mass is 10.1. The maximum absolute atomic E-state index is 13.4. The molecule has 2 aromatic rings. The number of aryl methyl sites for hydroxylation is 1. The molecule has 0 N–H and O–H groups in total. The smallest absolute Gasteiger partial charge is 0.340 e. The number of unbranched alkanes of at least 4 members (excludes halogenated alkanes) is 1. The van der Waals surface area contributed by atoms with Crippen LogP contribution in [0.4, 0.5) is 0 Å². The van der Waals surface area contributed by atoms with Gasteiger partial charge in [0.2, 0.25) is 10.0 Å². The number of hydrogen-bond donors (Lipinski definition) is 0. The molecule has 0 unspecified atom stereocenters. The van der Waals surface area contributed by atoms with E-state index in [9.17, 15) is 13.2 Å². The van der Waals surface area contributed by atoms with E-state index in [4.69, 9.17) is 14.2 Å². The molecular formula is C25H33NO6S. The first-order chi connectivity index (χ1) is 15.9. The number of sulfonamides is 1. The van der Waals surface area contributed by atoms with Gasteiger partial charge in [-0.2, -0.15) is 4.31 Å². The van der Waals surface area contributed by atoms with Gasteiger partial charge in [0.05, 0.1) is 17.5 Å². The van der Waals surface area contributed by atoms with E-state index in [1.54, 1.807) is 36.4 Å². The predicted molar refractivity (Wildman–Crippen MR) is 125 cm³/mol. The molecule has 1 fully saturated rings. The zero-order chi connectivity index (χ0) is 23.8. The van der Waals surface area contributed by atoms with E-state index in [-0.39, 0.29) is 18.0 Å². The summed E-state index contributed by atoms with van der Waals surface area (Å²) in [5.74, 6) is -0.540. The summed E-state index contributed by atoms with van der Waals surface area (Å²) in [6.45, 7) is 4.90. The third kappa shape index (κ3) is 6.20. The molecule has 0 radical (unpaired) electrons. The van der Waals surface area contributed by atoms with Gasteiger partial charge in [-0.05, 0) is 37.5 Å². The van der Waals surface area contributed by atoms with Crippen molar-refractivity contribution < 1.29 is 27.4 Å². The van der Waals surface area contributed by atoms with Crippen LogP contribution in [0, 0.1) is 6.92 Å². The number of esters is 1. The molecule has 0 bridgehead atoms. The largest absolute Gasteiger partial charge is 0.458 e. The molecule has 1 saturated heterocycles. The van der Waals surface area contributed by atoms with Crippen LogP contribution in [0.15, 0.2) is 59.5 Å². The first kappa shape index (κ1) is 25.4. The SMILES string of the molecule is CCCCOC[C@@H]1[C@@H](OC(=O)[C@@H](OC)c2ccccc2)CCN1S(=O)(=O)c1ccc(C)cc1. The highest BCUT2D eigenvalue weighted by atomic mass is 32.2. The standard InChI is InChI=1S/C25H33NO6S/c1-4-5-17-31-18-22-23(32-25(27)24(30-3)20-9-7-6-8-10-20)15-16-26(22)33(28,29)21-13-11-19(2)12-14-21/h6-14,22-24H,4-5,15-18H2,1-3H3/t22-,23+,24+/m1/s1. The lowest BCUT2D eigenvalue weighted by Gasteiger charge is -2.28. The summed E-state index contributed by atoms with van der Waals surface area (Å²) in [5, 5.41) is 0. The van der Waals surface area contributed by atoms with Gasteiger partial charge in [-0.1, -0.05) is 61.4 Å². The lowest BCUT2D eigenvalue weighted by molar-refractivity contribution is -0.163. The molecule has 0 amide bonds. The Kier molecular flexibility index (Phi) is 9.02. The summed E-state index contributed by atoms with van der Waals surface area (Å²) >= 11 is 0. The fourth-order valence-corrected chi connectivity index (χ4v) is 5.58. The first-order valence-electron chi connectivity index (χ1n) is 11.3. The first-order valence-corrected chi connectivity index (χ1v) is 12.8. The van der Waals surface area contributed by atoms with E-state index in [1.165, 1.54) is 11.4 Å². The number of methoxy groups -OCH3 is 1. The van der Waals surface area contributed by atoms with Gasteiger partial charge in [0.15, 0.2) is 6.10 Å². The van der Waals surface area contributed by atoms with Crippen molar-refractivity contribution in [3.05, 3.63) is 65.7 Å². The Bertz CT molecular complexity index is 993. The third-order valence-electron chi connectivity index (χ3n) is 5.81. The molecule has 33 heavy (non-hydrogen) atoms. The average molecular weight is 476 g/mol. The molecule has 3 atom stereocenters. The summed E-state index contributed by atoms with van der Waals surface area (Å²) < 4.78 is 45.2. The summed E-state index contributed by atoms with van der Waals surface area (Å²) in [4.78, 5) is 13.2. The molecule has 1 heterocycles. The van der Waals surface area contributed by atoms with Crippen LogP contribution in [0.3, 0.4) is 0 Å². The Morgan fingerprint density at radius 3 is 2.45 bits per heavy atom. The van der Waals surface area contributed by atoms with Gasteiger partial charge in [-0.25, -0.2) is 13.2 Å². The Hall–Kier alpha value is -2.26. The van der Waals surface area contributed by atoms with E-state index >= 15 is 0 Å². The van der Waals surface area contributed by atoms with Crippen molar-refractivity contribution in [2.24, 2.45) is 0 Å². The lowest BCUT2D eigenvalue weighted by Crippen LogP contribution is -2.44. The monoisotopic (exact) mass is 475 g/mol. The predicted octanol–water partition coefficient (Wildman–Crippen LogP) is 3.87. The van der Waals surface area contributed by atoms with Crippen molar-refractivity contribution >= 4 is 16.0 Å². The molecular weight excluding hydrogens is 442 g/mol. The van der Waals surface area contributed by atoms with Crippen molar-refractivity contribution in [3.8, 4) is 0 Å². The maximum atomic E-state index is 13.4. The van der Waals surface area contributed by atoms with E-state index in [2.05, 4.69) is 6.92 Å². The quantitative estimate of drug-likeness (QED) is 0.362. The minimum Gasteiger partial charge on any atom is -0.458 e. The molecule has 2 aromatic carbocycles. The second-order valence-electron chi connectivity index (χ2n) is 8.22. The highest BCUT2D eigenvalue weighted by Crippen LogP contribution is 2.30. The summed E-state index contributed by atoms with van der Waals surface area (Å²) in [6, 6.07) is 15.3. The fourth-order valence-electron chi connectivity index (χ4n) is 3.93. The van der Waals surface area contributed by atoms with Crippen LogP contribution in [-0.4, -0.2) is 57.7 Å². The van der Waals surface area contributed by atoms with E-state index in [0.29, 0.717) is 18.6 Å². The summed E-state index contributed by atoms with van der Waals surface area (Å²) in [6.07, 6.45) is 0.739. The van der Waals surface area contributed by atoms with Crippen LogP contribution < -0.4 is 0 Å². The van der Waals surface area contributed by atoms with Crippen molar-refractivity contribution in [2.75, 3.05) is 26.9 Å². The molecule has 0 aliphatic carbocycles. The van der Waals surface area contributed by atoms with Gasteiger partial charge in [-0.3, -0.25) is 0 Å². The van der Waals surface area contributed by atoms with E-state index in [1.807, 2.05) is 25.1 Å². The molecule has 1 aliphatic heterocycles. The van der Waals surface area contributed by atoms with Gasteiger partial charge >= 0.3 is 5.97 Å². The number of carbonyl (C=O) groups excluding carboxylic acids is 1. The number of carbonyl (C=O) groups is 1. The fraction of sp³-hybridized carbons (Fsp3) is 0.480. The van der Waals surface area contributed by atoms with Crippen molar-refractivity contribution in [3.63, 3.8) is 0 Å². The zero-order valence-electron chi connectivity index (χ0n) is 19.5. The number of nitrogens with zero attached hydrogens (tertiary/aromatic N) is 1. The summed E-state index contributed by atoms with van der Waals surface area (Å²) in [7, 11) is -2.31. The van der Waals surface area contributed by atoms with Crippen LogP contribution in [0.2, 0.25) is 0 Å².